The van der Waals surface area contributed by atoms with Gasteiger partial charge in [0.2, 0.25) is 5.91 Å². The van der Waals surface area contributed by atoms with Gasteiger partial charge in [0.05, 0.1) is 16.8 Å². The Morgan fingerprint density at radius 3 is 2.72 bits per heavy atom. The summed E-state index contributed by atoms with van der Waals surface area (Å²) in [5.41, 5.74) is 3.03. The van der Waals surface area contributed by atoms with Gasteiger partial charge in [-0.25, -0.2) is 4.98 Å². The van der Waals surface area contributed by atoms with E-state index in [9.17, 15) is 9.59 Å². The van der Waals surface area contributed by atoms with Crippen molar-refractivity contribution in [2.45, 2.75) is 19.2 Å². The van der Waals surface area contributed by atoms with Gasteiger partial charge in [-0.15, -0.1) is 0 Å². The molecule has 3 aromatic rings. The fourth-order valence-corrected chi connectivity index (χ4v) is 3.18. The summed E-state index contributed by atoms with van der Waals surface area (Å²) in [4.78, 5) is 28.6. The molecule has 25 heavy (non-hydrogen) atoms. The quantitative estimate of drug-likeness (QED) is 0.686. The number of carbonyl (C=O) groups excluding carboxylic acids is 2. The lowest BCUT2D eigenvalue weighted by Crippen LogP contribution is -2.20. The maximum atomic E-state index is 12.5. The van der Waals surface area contributed by atoms with Crippen LogP contribution in [0.4, 0.5) is 5.69 Å². The van der Waals surface area contributed by atoms with Crippen LogP contribution < -0.4 is 5.32 Å². The van der Waals surface area contributed by atoms with E-state index in [1.165, 1.54) is 6.92 Å². The Kier molecular flexibility index (Phi) is 5.19. The van der Waals surface area contributed by atoms with Crippen molar-refractivity contribution in [2.75, 3.05) is 11.6 Å². The van der Waals surface area contributed by atoms with Gasteiger partial charge in [0.25, 0.3) is 0 Å². The van der Waals surface area contributed by atoms with Crippen molar-refractivity contribution < 1.29 is 9.59 Å². The van der Waals surface area contributed by atoms with Crippen LogP contribution in [0.1, 0.15) is 23.1 Å². The molecule has 0 aliphatic heterocycles. The number of para-hydroxylation sites is 2. The first-order valence-electron chi connectivity index (χ1n) is 7.92. The maximum Gasteiger partial charge on any atom is 0.244 e. The third-order valence-corrected chi connectivity index (χ3v) is 4.41. The Hall–Kier alpha value is -2.60. The third kappa shape index (κ3) is 3.91. The van der Waals surface area contributed by atoms with Gasteiger partial charge in [-0.1, -0.05) is 24.3 Å². The number of thioether (sulfide) groups is 1. The van der Waals surface area contributed by atoms with Crippen LogP contribution in [0, 0.1) is 0 Å². The first kappa shape index (κ1) is 17.2. The molecule has 3 rings (SSSR count). The van der Waals surface area contributed by atoms with Crippen LogP contribution in [0.15, 0.2) is 48.5 Å². The molecule has 0 unspecified atom stereocenters. The molecular weight excluding hydrogens is 334 g/mol. The molecule has 1 N–H and O–H groups in total. The van der Waals surface area contributed by atoms with E-state index in [1.807, 2.05) is 35.1 Å². The minimum absolute atomic E-state index is 0.0287. The normalized spacial score (nSPS) is 10.8. The number of fused-ring (bicyclic) bond motifs is 1. The molecule has 1 aromatic heterocycles. The Bertz CT molecular complexity index is 933. The molecule has 0 aliphatic carbocycles. The van der Waals surface area contributed by atoms with Gasteiger partial charge in [0.1, 0.15) is 12.4 Å². The van der Waals surface area contributed by atoms with E-state index in [2.05, 4.69) is 10.3 Å². The molecule has 0 bridgehead atoms. The van der Waals surface area contributed by atoms with E-state index in [4.69, 9.17) is 0 Å². The van der Waals surface area contributed by atoms with E-state index >= 15 is 0 Å². The van der Waals surface area contributed by atoms with Gasteiger partial charge < -0.3 is 9.88 Å². The fraction of sp³-hybridized carbons (Fsp3) is 0.211. The fourth-order valence-electron chi connectivity index (χ4n) is 2.70. The number of Topliss-reactive ketones (excluding diaryl/α,β-unsaturated/α-hetero) is 1. The van der Waals surface area contributed by atoms with Crippen molar-refractivity contribution in [3.05, 3.63) is 59.9 Å². The van der Waals surface area contributed by atoms with Gasteiger partial charge in [0.15, 0.2) is 5.78 Å². The van der Waals surface area contributed by atoms with E-state index < -0.39 is 0 Å². The van der Waals surface area contributed by atoms with Crippen LogP contribution in [0.5, 0.6) is 0 Å². The Morgan fingerprint density at radius 2 is 1.96 bits per heavy atom. The van der Waals surface area contributed by atoms with Crippen molar-refractivity contribution in [1.82, 2.24) is 9.55 Å². The lowest BCUT2D eigenvalue weighted by molar-refractivity contribution is -0.116. The number of aromatic nitrogens is 2. The number of hydrogen-bond acceptors (Lipinski definition) is 4. The van der Waals surface area contributed by atoms with Crippen LogP contribution in [0.2, 0.25) is 0 Å². The molecule has 0 atom stereocenters. The highest BCUT2D eigenvalue weighted by Crippen LogP contribution is 2.19. The second-order valence-corrected chi connectivity index (χ2v) is 6.59. The van der Waals surface area contributed by atoms with Crippen LogP contribution >= 0.6 is 11.8 Å². The molecule has 0 fully saturated rings. The SMILES string of the molecule is CSCc1nc2ccccc2n1CC(=O)Nc1cccc(C(C)=O)c1. The number of anilines is 1. The molecule has 0 saturated heterocycles. The van der Waals surface area contributed by atoms with Crippen molar-refractivity contribution in [2.24, 2.45) is 0 Å². The topological polar surface area (TPSA) is 64.0 Å². The van der Waals surface area contributed by atoms with Crippen LogP contribution in [-0.2, 0) is 17.1 Å². The number of nitrogens with one attached hydrogen (secondary N) is 1. The second-order valence-electron chi connectivity index (χ2n) is 5.72. The Labute approximate surface area is 150 Å². The van der Waals surface area contributed by atoms with Crippen LogP contribution in [-0.4, -0.2) is 27.5 Å². The van der Waals surface area contributed by atoms with Crippen molar-refractivity contribution >= 4 is 40.2 Å². The molecule has 5 nitrogen and oxygen atoms in total. The summed E-state index contributed by atoms with van der Waals surface area (Å²) in [7, 11) is 0. The first-order chi connectivity index (χ1) is 12.1. The summed E-state index contributed by atoms with van der Waals surface area (Å²) in [6, 6.07) is 14.8. The molecule has 128 valence electrons. The van der Waals surface area contributed by atoms with E-state index in [-0.39, 0.29) is 18.2 Å². The predicted octanol–water partition coefficient (Wildman–Crippen LogP) is 3.74. The number of imidazole rings is 1. The number of nitrogens with zero attached hydrogens (tertiary/aromatic N) is 2. The zero-order chi connectivity index (χ0) is 17.8. The highest BCUT2D eigenvalue weighted by Gasteiger charge is 2.13. The lowest BCUT2D eigenvalue weighted by atomic mass is 10.1. The maximum absolute atomic E-state index is 12.5. The summed E-state index contributed by atoms with van der Waals surface area (Å²) in [5.74, 6) is 1.44. The minimum Gasteiger partial charge on any atom is -0.325 e. The molecule has 0 aliphatic rings. The Balaban J connectivity index is 1.83. The van der Waals surface area contributed by atoms with Crippen LogP contribution in [0.25, 0.3) is 11.0 Å². The molecule has 6 heteroatoms. The summed E-state index contributed by atoms with van der Waals surface area (Å²) < 4.78 is 1.94. The zero-order valence-corrected chi connectivity index (χ0v) is 15.0. The Morgan fingerprint density at radius 1 is 1.16 bits per heavy atom. The largest absolute Gasteiger partial charge is 0.325 e. The van der Waals surface area contributed by atoms with Gasteiger partial charge in [-0.05, 0) is 37.4 Å². The van der Waals surface area contributed by atoms with Crippen molar-refractivity contribution in [3.63, 3.8) is 0 Å². The monoisotopic (exact) mass is 353 g/mol. The average molecular weight is 353 g/mol. The summed E-state index contributed by atoms with van der Waals surface area (Å²) in [6.45, 7) is 1.69. The van der Waals surface area contributed by atoms with E-state index in [0.29, 0.717) is 11.3 Å². The highest BCUT2D eigenvalue weighted by molar-refractivity contribution is 7.97. The average Bonchev–Trinajstić information content (AvgIpc) is 2.93. The lowest BCUT2D eigenvalue weighted by Gasteiger charge is -2.10. The third-order valence-electron chi connectivity index (χ3n) is 3.86. The zero-order valence-electron chi connectivity index (χ0n) is 14.2. The van der Waals surface area contributed by atoms with E-state index in [1.54, 1.807) is 36.0 Å². The van der Waals surface area contributed by atoms with Gasteiger partial charge in [0, 0.05) is 11.3 Å². The number of carbonyl (C=O) groups is 2. The first-order valence-corrected chi connectivity index (χ1v) is 9.32. The summed E-state index contributed by atoms with van der Waals surface area (Å²) in [6.07, 6.45) is 2.01. The molecular formula is C19H19N3O2S. The molecule has 0 saturated carbocycles. The van der Waals surface area contributed by atoms with Gasteiger partial charge in [-0.2, -0.15) is 11.8 Å². The molecule has 1 amide bonds. The number of ketones is 1. The van der Waals surface area contributed by atoms with E-state index in [0.717, 1.165) is 22.6 Å². The number of amides is 1. The number of benzene rings is 2. The standard InChI is InChI=1S/C19H19N3O2S/c1-13(23)14-6-5-7-15(10-14)20-19(24)11-22-17-9-4-3-8-16(17)21-18(22)12-25-2/h3-10H,11-12H2,1-2H3,(H,20,24). The second kappa shape index (κ2) is 7.53. The molecule has 2 aromatic carbocycles. The van der Waals surface area contributed by atoms with Crippen LogP contribution in [0.3, 0.4) is 0 Å². The molecule has 1 heterocycles. The number of hydrogen-bond donors (Lipinski definition) is 1. The highest BCUT2D eigenvalue weighted by atomic mass is 32.2. The summed E-state index contributed by atoms with van der Waals surface area (Å²) in [5, 5.41) is 2.86. The van der Waals surface area contributed by atoms with Crippen molar-refractivity contribution in [3.8, 4) is 0 Å². The predicted molar refractivity (Wildman–Crippen MR) is 102 cm³/mol. The molecule has 0 radical (unpaired) electrons. The molecule has 0 spiro atoms. The smallest absolute Gasteiger partial charge is 0.244 e. The summed E-state index contributed by atoms with van der Waals surface area (Å²) >= 11 is 1.67. The van der Waals surface area contributed by atoms with Crippen molar-refractivity contribution in [1.29, 1.82) is 0 Å². The van der Waals surface area contributed by atoms with Gasteiger partial charge in [-0.3, -0.25) is 9.59 Å². The number of rotatable bonds is 6. The minimum atomic E-state index is -0.147. The van der Waals surface area contributed by atoms with Gasteiger partial charge >= 0.3 is 0 Å².